The van der Waals surface area contributed by atoms with Gasteiger partial charge in [-0.3, -0.25) is 9.59 Å². The molecule has 4 aromatic heterocycles. The molecule has 8 nitrogen and oxygen atoms in total. The minimum absolute atomic E-state index is 0.0837. The monoisotopic (exact) mass is 738 g/mol. The van der Waals surface area contributed by atoms with Crippen LogP contribution < -0.4 is 10.6 Å². The quantitative estimate of drug-likeness (QED) is 0.178. The van der Waals surface area contributed by atoms with Crippen molar-refractivity contribution in [2.45, 2.75) is 39.8 Å². The number of rotatable bonds is 6. The molecule has 232 valence electrons. The molecule has 0 unspecified atom stereocenters. The fourth-order valence-electron chi connectivity index (χ4n) is 4.87. The second kappa shape index (κ2) is 14.7. The zero-order chi connectivity index (χ0) is 32.8. The van der Waals surface area contributed by atoms with Crippen LogP contribution >= 0.6 is 31.9 Å². The molecule has 0 saturated carbocycles. The maximum Gasteiger partial charge on any atom is 0.253 e. The number of amides is 2. The smallest absolute Gasteiger partial charge is 0.253 e. The van der Waals surface area contributed by atoms with Crippen molar-refractivity contribution in [2.24, 2.45) is 0 Å². The van der Waals surface area contributed by atoms with Crippen LogP contribution in [0.5, 0.6) is 0 Å². The highest BCUT2D eigenvalue weighted by molar-refractivity contribution is 9.10. The number of hydrogen-bond acceptors (Lipinski definition) is 6. The molecule has 6 aromatic rings. The molecule has 2 aromatic carbocycles. The fraction of sp³-hybridized carbons (Fsp3) is 0.167. The van der Waals surface area contributed by atoms with Gasteiger partial charge in [0.15, 0.2) is 11.3 Å². The number of carbonyl (C=O) groups excluding carboxylic acids is 2. The lowest BCUT2D eigenvalue weighted by Crippen LogP contribution is -2.27. The second-order valence-electron chi connectivity index (χ2n) is 10.8. The predicted octanol–water partition coefficient (Wildman–Crippen LogP) is 8.38. The summed E-state index contributed by atoms with van der Waals surface area (Å²) < 4.78 is 2.03. The number of pyridine rings is 4. The number of fused-ring (bicyclic) bond motifs is 2. The van der Waals surface area contributed by atoms with Crippen LogP contribution in [0, 0.1) is 13.8 Å². The molecule has 0 fully saturated rings. The van der Waals surface area contributed by atoms with E-state index in [1.54, 1.807) is 12.4 Å². The van der Waals surface area contributed by atoms with Gasteiger partial charge in [0.25, 0.3) is 11.8 Å². The van der Waals surface area contributed by atoms with Crippen molar-refractivity contribution in [1.29, 1.82) is 0 Å². The molecular formula is C36H32Br2N6O2. The summed E-state index contributed by atoms with van der Waals surface area (Å²) in [6, 6.07) is 26.8. The molecule has 2 N–H and O–H groups in total. The maximum absolute atomic E-state index is 12.6. The summed E-state index contributed by atoms with van der Waals surface area (Å²) in [6.07, 6.45) is 3.40. The third-order valence-corrected chi connectivity index (χ3v) is 8.54. The first kappa shape index (κ1) is 32.8. The number of benzene rings is 2. The van der Waals surface area contributed by atoms with Crippen molar-refractivity contribution in [3.63, 3.8) is 0 Å². The van der Waals surface area contributed by atoms with Crippen LogP contribution in [0.15, 0.2) is 106 Å². The highest BCUT2D eigenvalue weighted by Gasteiger charge is 2.17. The fourth-order valence-corrected chi connectivity index (χ4v) is 5.40. The molecule has 4 heterocycles. The van der Waals surface area contributed by atoms with Gasteiger partial charge in [-0.25, -0.2) is 19.9 Å². The Labute approximate surface area is 284 Å². The molecule has 2 amide bonds. The Morgan fingerprint density at radius 2 is 0.978 bits per heavy atom. The van der Waals surface area contributed by atoms with E-state index in [0.29, 0.717) is 33.8 Å². The van der Waals surface area contributed by atoms with Crippen molar-refractivity contribution in [1.82, 2.24) is 30.6 Å². The highest BCUT2D eigenvalue weighted by atomic mass is 79.9. The molecular weight excluding hydrogens is 708 g/mol. The van der Waals surface area contributed by atoms with E-state index < -0.39 is 0 Å². The normalized spacial score (nSPS) is 12.1. The lowest BCUT2D eigenvalue weighted by Gasteiger charge is -2.15. The minimum Gasteiger partial charge on any atom is -0.345 e. The third kappa shape index (κ3) is 7.99. The van der Waals surface area contributed by atoms with Gasteiger partial charge in [-0.15, -0.1) is 0 Å². The van der Waals surface area contributed by atoms with E-state index in [9.17, 15) is 9.59 Å². The Bertz CT molecular complexity index is 1870. The van der Waals surface area contributed by atoms with E-state index in [0.717, 1.165) is 30.8 Å². The Hall–Kier alpha value is -4.54. The number of hydrogen-bond donors (Lipinski definition) is 2. The predicted molar refractivity (Wildman–Crippen MR) is 189 cm³/mol. The van der Waals surface area contributed by atoms with E-state index in [4.69, 9.17) is 0 Å². The van der Waals surface area contributed by atoms with Gasteiger partial charge in [0.05, 0.1) is 34.6 Å². The standard InChI is InChI=1S/2C18H16BrN3O/c2*1-11(13-5-7-15(19)8-6-13)22-18(23)16-10-14-4-3-9-20-17(14)21-12(16)2/h2*3-11H,1-2H3,(H,22,23)/t2*11-/m10/s1. The number of aromatic nitrogens is 4. The topological polar surface area (TPSA) is 110 Å². The van der Waals surface area contributed by atoms with Crippen molar-refractivity contribution >= 4 is 65.7 Å². The summed E-state index contributed by atoms with van der Waals surface area (Å²) in [5.74, 6) is -0.257. The number of carbonyl (C=O) groups is 2. The SMILES string of the molecule is Cc1nc2ncccc2cc1C(=O)N[C@@H](C)c1ccc(Br)cc1.Cc1nc2ncccc2cc1C(=O)N[C@H](C)c1ccc(Br)cc1. The van der Waals surface area contributed by atoms with Gasteiger partial charge in [0.1, 0.15) is 0 Å². The highest BCUT2D eigenvalue weighted by Crippen LogP contribution is 2.21. The second-order valence-corrected chi connectivity index (χ2v) is 12.7. The van der Waals surface area contributed by atoms with Crippen LogP contribution in [0.2, 0.25) is 0 Å². The van der Waals surface area contributed by atoms with Gasteiger partial charge in [-0.2, -0.15) is 0 Å². The summed E-state index contributed by atoms with van der Waals surface area (Å²) in [5, 5.41) is 7.77. The van der Waals surface area contributed by atoms with Gasteiger partial charge in [-0.1, -0.05) is 56.1 Å². The van der Waals surface area contributed by atoms with Crippen molar-refractivity contribution < 1.29 is 9.59 Å². The van der Waals surface area contributed by atoms with Crippen LogP contribution in [-0.2, 0) is 0 Å². The van der Waals surface area contributed by atoms with Crippen LogP contribution in [0.25, 0.3) is 22.1 Å². The van der Waals surface area contributed by atoms with Crippen LogP contribution in [0.1, 0.15) is 69.2 Å². The van der Waals surface area contributed by atoms with E-state index in [-0.39, 0.29) is 23.9 Å². The number of nitrogens with one attached hydrogen (secondary N) is 2. The molecule has 10 heteroatoms. The van der Waals surface area contributed by atoms with Crippen molar-refractivity contribution in [2.75, 3.05) is 0 Å². The molecule has 0 aliphatic rings. The summed E-state index contributed by atoms with van der Waals surface area (Å²) in [5.41, 5.74) is 5.92. The number of aryl methyl sites for hydroxylation is 2. The Morgan fingerprint density at radius 1 is 0.609 bits per heavy atom. The molecule has 46 heavy (non-hydrogen) atoms. The summed E-state index contributed by atoms with van der Waals surface area (Å²) in [4.78, 5) is 42.4. The van der Waals surface area contributed by atoms with E-state index in [1.165, 1.54) is 0 Å². The first-order valence-electron chi connectivity index (χ1n) is 14.7. The Kier molecular flexibility index (Phi) is 10.5. The van der Waals surface area contributed by atoms with Crippen LogP contribution in [0.4, 0.5) is 0 Å². The minimum atomic E-state index is -0.129. The Morgan fingerprint density at radius 3 is 1.35 bits per heavy atom. The van der Waals surface area contributed by atoms with Gasteiger partial charge in [-0.05, 0) is 99.5 Å². The average Bonchev–Trinajstić information content (AvgIpc) is 3.04. The third-order valence-electron chi connectivity index (χ3n) is 7.48. The maximum atomic E-state index is 12.6. The van der Waals surface area contributed by atoms with Crippen LogP contribution in [0.3, 0.4) is 0 Å². The van der Waals surface area contributed by atoms with Gasteiger partial charge in [0.2, 0.25) is 0 Å². The molecule has 0 bridgehead atoms. The molecule has 6 rings (SSSR count). The Balaban J connectivity index is 0.000000181. The first-order chi connectivity index (χ1) is 22.1. The molecule has 0 spiro atoms. The van der Waals surface area contributed by atoms with E-state index in [1.807, 2.05) is 113 Å². The van der Waals surface area contributed by atoms with Gasteiger partial charge < -0.3 is 10.6 Å². The average molecular weight is 740 g/mol. The van der Waals surface area contributed by atoms with Gasteiger partial charge in [0, 0.05) is 32.1 Å². The lowest BCUT2D eigenvalue weighted by atomic mass is 10.1. The van der Waals surface area contributed by atoms with Crippen molar-refractivity contribution in [3.05, 3.63) is 140 Å². The number of halogens is 2. The van der Waals surface area contributed by atoms with Crippen LogP contribution in [-0.4, -0.2) is 31.8 Å². The molecule has 2 atom stereocenters. The number of nitrogens with zero attached hydrogens (tertiary/aromatic N) is 4. The summed E-state index contributed by atoms with van der Waals surface area (Å²) >= 11 is 6.83. The zero-order valence-electron chi connectivity index (χ0n) is 25.8. The molecule has 0 saturated heterocycles. The van der Waals surface area contributed by atoms with E-state index >= 15 is 0 Å². The van der Waals surface area contributed by atoms with Gasteiger partial charge >= 0.3 is 0 Å². The largest absolute Gasteiger partial charge is 0.345 e. The van der Waals surface area contributed by atoms with Crippen molar-refractivity contribution in [3.8, 4) is 0 Å². The summed E-state index contributed by atoms with van der Waals surface area (Å²) in [7, 11) is 0. The molecule has 0 aliphatic heterocycles. The molecule has 0 radical (unpaired) electrons. The zero-order valence-corrected chi connectivity index (χ0v) is 28.9. The first-order valence-corrected chi connectivity index (χ1v) is 16.2. The lowest BCUT2D eigenvalue weighted by molar-refractivity contribution is 0.0930. The summed E-state index contributed by atoms with van der Waals surface area (Å²) in [6.45, 7) is 7.58. The molecule has 0 aliphatic carbocycles. The van der Waals surface area contributed by atoms with E-state index in [2.05, 4.69) is 62.4 Å².